The third-order valence-corrected chi connectivity index (χ3v) is 4.28. The molecule has 5 amide bonds. The molecule has 0 aliphatic carbocycles. The van der Waals surface area contributed by atoms with E-state index in [4.69, 9.17) is 9.15 Å². The van der Waals surface area contributed by atoms with E-state index in [0.717, 1.165) is 5.01 Å². The van der Waals surface area contributed by atoms with E-state index in [1.54, 1.807) is 45.0 Å². The summed E-state index contributed by atoms with van der Waals surface area (Å²) in [5.41, 5.74) is -0.0402. The summed E-state index contributed by atoms with van der Waals surface area (Å²) in [6.07, 6.45) is 0.253. The predicted octanol–water partition coefficient (Wildman–Crippen LogP) is 3.13. The Hall–Kier alpha value is -4.02. The number of hydrazone groups is 1. The van der Waals surface area contributed by atoms with Crippen molar-refractivity contribution in [1.29, 1.82) is 0 Å². The molecule has 10 nitrogen and oxygen atoms in total. The summed E-state index contributed by atoms with van der Waals surface area (Å²) in [6.45, 7) is 4.57. The maximum absolute atomic E-state index is 13.1. The van der Waals surface area contributed by atoms with Crippen molar-refractivity contribution in [3.63, 3.8) is 0 Å². The fraction of sp³-hybridized carbons (Fsp3) is 0.318. The number of rotatable bonds is 6. The van der Waals surface area contributed by atoms with Crippen molar-refractivity contribution in [2.24, 2.45) is 5.10 Å². The number of hydrogen-bond donors (Lipinski definition) is 1. The molecule has 1 N–H and O–H groups in total. The van der Waals surface area contributed by atoms with Crippen LogP contribution in [0.15, 0.2) is 45.9 Å². The molecule has 1 aliphatic rings. The molecule has 1 saturated heterocycles. The Morgan fingerprint density at radius 2 is 1.88 bits per heavy atom. The molecule has 0 radical (unpaired) electrons. The SMILES string of the molecule is CC(C)(C)OC(=O)NCCC(=O)N1C(=O)CN(N=Cc2ccc(-c3ccc(F)cc3)o2)C1=O. The van der Waals surface area contributed by atoms with Crippen molar-refractivity contribution in [1.82, 2.24) is 15.2 Å². The number of carbonyl (C=O) groups is 4. The van der Waals surface area contributed by atoms with Gasteiger partial charge >= 0.3 is 12.1 Å². The lowest BCUT2D eigenvalue weighted by atomic mass is 10.2. The van der Waals surface area contributed by atoms with Gasteiger partial charge in [0.25, 0.3) is 5.91 Å². The van der Waals surface area contributed by atoms with Crippen molar-refractivity contribution in [3.8, 4) is 11.3 Å². The van der Waals surface area contributed by atoms with Gasteiger partial charge in [0.05, 0.1) is 6.21 Å². The van der Waals surface area contributed by atoms with E-state index in [9.17, 15) is 23.6 Å². The molecule has 1 aromatic carbocycles. The molecule has 2 aromatic rings. The Morgan fingerprint density at radius 1 is 1.18 bits per heavy atom. The largest absolute Gasteiger partial charge is 0.455 e. The van der Waals surface area contributed by atoms with E-state index in [1.807, 2.05) is 0 Å². The first kappa shape index (κ1) is 23.6. The molecule has 1 aromatic heterocycles. The van der Waals surface area contributed by atoms with Crippen LogP contribution in [0.4, 0.5) is 14.0 Å². The smallest absolute Gasteiger partial charge is 0.407 e. The fourth-order valence-corrected chi connectivity index (χ4v) is 2.84. The Morgan fingerprint density at radius 3 is 2.55 bits per heavy atom. The first-order valence-electron chi connectivity index (χ1n) is 10.1. The molecule has 3 rings (SSSR count). The minimum Gasteiger partial charge on any atom is -0.455 e. The number of ether oxygens (including phenoxy) is 1. The van der Waals surface area contributed by atoms with Crippen molar-refractivity contribution in [3.05, 3.63) is 48.0 Å². The second-order valence-electron chi connectivity index (χ2n) is 8.10. The lowest BCUT2D eigenvalue weighted by Gasteiger charge is -2.19. The average molecular weight is 458 g/mol. The van der Waals surface area contributed by atoms with Crippen LogP contribution < -0.4 is 5.32 Å². The van der Waals surface area contributed by atoms with E-state index in [1.165, 1.54) is 18.3 Å². The molecule has 1 aliphatic heterocycles. The number of urea groups is 1. The minimum atomic E-state index is -0.899. The Bertz CT molecular complexity index is 1090. The highest BCUT2D eigenvalue weighted by Crippen LogP contribution is 2.22. The monoisotopic (exact) mass is 458 g/mol. The van der Waals surface area contributed by atoms with Crippen LogP contribution in [0.3, 0.4) is 0 Å². The van der Waals surface area contributed by atoms with E-state index >= 15 is 0 Å². The van der Waals surface area contributed by atoms with Crippen molar-refractivity contribution < 1.29 is 32.7 Å². The van der Waals surface area contributed by atoms with E-state index < -0.39 is 36.1 Å². The zero-order chi connectivity index (χ0) is 24.2. The maximum atomic E-state index is 13.1. The summed E-state index contributed by atoms with van der Waals surface area (Å²) in [6, 6.07) is 8.06. The molecule has 0 spiro atoms. The summed E-state index contributed by atoms with van der Waals surface area (Å²) < 4.78 is 23.7. The van der Waals surface area contributed by atoms with Crippen molar-refractivity contribution in [2.75, 3.05) is 13.1 Å². The van der Waals surface area contributed by atoms with Gasteiger partial charge in [-0.15, -0.1) is 0 Å². The fourth-order valence-electron chi connectivity index (χ4n) is 2.84. The molecular formula is C22H23FN4O6. The zero-order valence-corrected chi connectivity index (χ0v) is 18.3. The lowest BCUT2D eigenvalue weighted by Crippen LogP contribution is -2.40. The third-order valence-electron chi connectivity index (χ3n) is 4.28. The first-order valence-corrected chi connectivity index (χ1v) is 10.1. The Labute approximate surface area is 189 Å². The van der Waals surface area contributed by atoms with Gasteiger partial charge in [0.15, 0.2) is 0 Å². The maximum Gasteiger partial charge on any atom is 0.407 e. The molecule has 0 bridgehead atoms. The van der Waals surface area contributed by atoms with Gasteiger partial charge in [-0.3, -0.25) is 9.59 Å². The molecule has 1 fully saturated rings. The summed E-state index contributed by atoms with van der Waals surface area (Å²) in [5.74, 6) is -1.11. The number of carbonyl (C=O) groups excluding carboxylic acids is 4. The Kier molecular flexibility index (Phi) is 6.90. The number of alkyl carbamates (subject to hydrolysis) is 1. The van der Waals surface area contributed by atoms with Gasteiger partial charge in [-0.2, -0.15) is 10.0 Å². The van der Waals surface area contributed by atoms with Crippen molar-refractivity contribution >= 4 is 30.2 Å². The van der Waals surface area contributed by atoms with Crippen molar-refractivity contribution in [2.45, 2.75) is 32.8 Å². The van der Waals surface area contributed by atoms with Gasteiger partial charge in [0, 0.05) is 18.5 Å². The van der Waals surface area contributed by atoms with Gasteiger partial charge < -0.3 is 14.5 Å². The summed E-state index contributed by atoms with van der Waals surface area (Å²) >= 11 is 0. The van der Waals surface area contributed by atoms with Crippen LogP contribution in [0.5, 0.6) is 0 Å². The quantitative estimate of drug-likeness (QED) is 0.524. The summed E-state index contributed by atoms with van der Waals surface area (Å²) in [4.78, 5) is 49.0. The Balaban J connectivity index is 1.55. The molecule has 2 heterocycles. The topological polar surface area (TPSA) is 122 Å². The van der Waals surface area contributed by atoms with Gasteiger partial charge in [-0.1, -0.05) is 0 Å². The molecule has 11 heteroatoms. The highest BCUT2D eigenvalue weighted by Gasteiger charge is 2.40. The molecule has 0 saturated carbocycles. The predicted molar refractivity (Wildman–Crippen MR) is 115 cm³/mol. The number of amides is 5. The second-order valence-corrected chi connectivity index (χ2v) is 8.10. The van der Waals surface area contributed by atoms with Gasteiger partial charge in [-0.05, 0) is 57.2 Å². The van der Waals surface area contributed by atoms with Crippen LogP contribution >= 0.6 is 0 Å². The lowest BCUT2D eigenvalue weighted by molar-refractivity contribution is -0.138. The third kappa shape index (κ3) is 6.25. The summed E-state index contributed by atoms with van der Waals surface area (Å²) in [5, 5.41) is 7.16. The van der Waals surface area contributed by atoms with E-state index in [-0.39, 0.29) is 18.8 Å². The van der Waals surface area contributed by atoms with Gasteiger partial charge in [0.1, 0.15) is 29.5 Å². The molecule has 33 heavy (non-hydrogen) atoms. The zero-order valence-electron chi connectivity index (χ0n) is 18.3. The summed E-state index contributed by atoms with van der Waals surface area (Å²) in [7, 11) is 0. The van der Waals surface area contributed by atoms with Gasteiger partial charge in [-0.25, -0.2) is 19.0 Å². The number of imide groups is 3. The van der Waals surface area contributed by atoms with Crippen LogP contribution in [-0.2, 0) is 14.3 Å². The van der Waals surface area contributed by atoms with Crippen LogP contribution in [0, 0.1) is 5.82 Å². The number of benzene rings is 1. The normalized spacial score (nSPS) is 14.3. The number of nitrogens with one attached hydrogen (secondary N) is 1. The van der Waals surface area contributed by atoms with E-state index in [2.05, 4.69) is 10.4 Å². The van der Waals surface area contributed by atoms with Crippen LogP contribution in [-0.4, -0.2) is 58.8 Å². The molecule has 174 valence electrons. The number of halogens is 1. The minimum absolute atomic E-state index is 0.105. The highest BCUT2D eigenvalue weighted by atomic mass is 19.1. The molecule has 0 unspecified atom stereocenters. The second kappa shape index (κ2) is 9.63. The van der Waals surface area contributed by atoms with Crippen LogP contribution in [0.2, 0.25) is 0 Å². The van der Waals surface area contributed by atoms with Gasteiger partial charge in [0.2, 0.25) is 5.91 Å². The highest BCUT2D eigenvalue weighted by molar-refractivity contribution is 6.15. The number of furan rings is 1. The number of nitrogens with zero attached hydrogens (tertiary/aromatic N) is 3. The first-order chi connectivity index (χ1) is 15.5. The van der Waals surface area contributed by atoms with Crippen LogP contribution in [0.25, 0.3) is 11.3 Å². The number of hydrogen-bond acceptors (Lipinski definition) is 7. The van der Waals surface area contributed by atoms with Crippen LogP contribution in [0.1, 0.15) is 33.0 Å². The standard InChI is InChI=1S/C22H23FN4O6/c1-22(2,3)33-20(30)24-11-10-18(28)27-19(29)13-26(21(27)31)25-12-16-8-9-17(32-16)14-4-6-15(23)7-5-14/h4-9,12H,10-11,13H2,1-3H3,(H,24,30). The molecular weight excluding hydrogens is 435 g/mol. The molecule has 0 atom stereocenters. The van der Waals surface area contributed by atoms with E-state index in [0.29, 0.717) is 22.0 Å². The average Bonchev–Trinajstić information content (AvgIpc) is 3.29.